The van der Waals surface area contributed by atoms with E-state index in [-0.39, 0.29) is 17.6 Å². The van der Waals surface area contributed by atoms with E-state index in [1.807, 2.05) is 19.1 Å². The zero-order chi connectivity index (χ0) is 29.6. The van der Waals surface area contributed by atoms with E-state index in [1.54, 1.807) is 4.90 Å². The number of hydrogen-bond donors (Lipinski definition) is 3. The van der Waals surface area contributed by atoms with Gasteiger partial charge in [-0.05, 0) is 69.5 Å². The predicted molar refractivity (Wildman–Crippen MR) is 167 cm³/mol. The third kappa shape index (κ3) is 7.01. The van der Waals surface area contributed by atoms with Crippen LogP contribution in [-0.4, -0.2) is 108 Å². The largest absolute Gasteiger partial charge is 0.371 e. The summed E-state index contributed by atoms with van der Waals surface area (Å²) in [5, 5.41) is 6.76. The number of likely N-dealkylation sites (N-methyl/N-ethyl adjacent to an activating group) is 1. The third-order valence-electron chi connectivity index (χ3n) is 8.80. The average molecular weight is 576 g/mol. The predicted octanol–water partition coefficient (Wildman–Crippen LogP) is 2.69. The van der Waals surface area contributed by atoms with E-state index in [0.717, 1.165) is 44.7 Å². The van der Waals surface area contributed by atoms with Crippen LogP contribution in [0.5, 0.6) is 0 Å². The zero-order valence-electron chi connectivity index (χ0n) is 25.0. The van der Waals surface area contributed by atoms with Gasteiger partial charge in [0.05, 0.1) is 5.69 Å². The molecule has 2 aromatic rings. The second-order valence-electron chi connectivity index (χ2n) is 11.6. The molecular weight excluding hydrogens is 530 g/mol. The molecule has 42 heavy (non-hydrogen) atoms. The minimum Gasteiger partial charge on any atom is -0.371 e. The second-order valence-corrected chi connectivity index (χ2v) is 11.6. The van der Waals surface area contributed by atoms with Crippen LogP contribution in [0.3, 0.4) is 0 Å². The fourth-order valence-electron chi connectivity index (χ4n) is 6.28. The molecule has 5 rings (SSSR count). The van der Waals surface area contributed by atoms with E-state index < -0.39 is 5.91 Å². The Bertz CT molecular complexity index is 1250. The van der Waals surface area contributed by atoms with Gasteiger partial charge < -0.3 is 31.1 Å². The highest BCUT2D eigenvalue weighted by molar-refractivity contribution is 5.96. The van der Waals surface area contributed by atoms with Gasteiger partial charge in [-0.15, -0.1) is 0 Å². The van der Waals surface area contributed by atoms with E-state index >= 15 is 0 Å². The molecule has 1 atom stereocenters. The van der Waals surface area contributed by atoms with Crippen molar-refractivity contribution in [1.29, 1.82) is 0 Å². The summed E-state index contributed by atoms with van der Waals surface area (Å²) < 4.78 is 0. The number of benzene rings is 1. The van der Waals surface area contributed by atoms with Crippen LogP contribution in [-0.2, 0) is 11.2 Å². The highest BCUT2D eigenvalue weighted by Crippen LogP contribution is 2.28. The number of carbonyl (C=O) groups is 2. The number of nitrogens with two attached hydrogens (primary N) is 1. The number of piperazine rings is 1. The number of anilines is 4. The number of carbonyl (C=O) groups excluding carboxylic acids is 2. The van der Waals surface area contributed by atoms with Crippen LogP contribution in [0.4, 0.5) is 23.0 Å². The summed E-state index contributed by atoms with van der Waals surface area (Å²) in [6, 6.07) is 8.94. The summed E-state index contributed by atoms with van der Waals surface area (Å²) in [5.74, 6) is 0.213. The Balaban J connectivity index is 1.25. The van der Waals surface area contributed by atoms with Crippen LogP contribution in [0.2, 0.25) is 0 Å². The smallest absolute Gasteiger partial charge is 0.271 e. The molecule has 0 aliphatic carbocycles. The van der Waals surface area contributed by atoms with Crippen molar-refractivity contribution in [3.05, 3.63) is 48.3 Å². The molecule has 2 amide bonds. The first kappa shape index (κ1) is 29.8. The van der Waals surface area contributed by atoms with Crippen molar-refractivity contribution >= 4 is 34.8 Å². The lowest BCUT2D eigenvalue weighted by Crippen LogP contribution is -2.52. The molecule has 0 saturated carbocycles. The highest BCUT2D eigenvalue weighted by atomic mass is 16.2. The number of hydrogen-bond acceptors (Lipinski definition) is 9. The van der Waals surface area contributed by atoms with Crippen molar-refractivity contribution in [3.63, 3.8) is 0 Å². The van der Waals surface area contributed by atoms with Crippen molar-refractivity contribution < 1.29 is 9.59 Å². The summed E-state index contributed by atoms with van der Waals surface area (Å²) >= 11 is 0. The average Bonchev–Trinajstić information content (AvgIpc) is 3.01. The number of aryl methyl sites for hydroxylation is 1. The zero-order valence-corrected chi connectivity index (χ0v) is 25.0. The molecule has 3 aliphatic rings. The molecular formula is C31H45N9O2. The Morgan fingerprint density at radius 3 is 2.36 bits per heavy atom. The lowest BCUT2D eigenvalue weighted by atomic mass is 10.0. The molecule has 3 fully saturated rings. The number of likely N-dealkylation sites (tertiary alicyclic amines) is 1. The number of aromatic nitrogens is 2. The maximum atomic E-state index is 12.3. The number of nitrogens with zero attached hydrogens (tertiary/aromatic N) is 6. The van der Waals surface area contributed by atoms with E-state index in [4.69, 9.17) is 10.7 Å². The molecule has 1 aromatic heterocycles. The molecule has 11 nitrogen and oxygen atoms in total. The van der Waals surface area contributed by atoms with Crippen LogP contribution in [0.25, 0.3) is 0 Å². The molecule has 0 radical (unpaired) electrons. The Kier molecular flexibility index (Phi) is 9.58. The quantitative estimate of drug-likeness (QED) is 0.387. The fourth-order valence-corrected chi connectivity index (χ4v) is 6.28. The van der Waals surface area contributed by atoms with Crippen LogP contribution in [0, 0.1) is 0 Å². The molecule has 3 saturated heterocycles. The molecule has 226 valence electrons. The number of piperidine rings is 2. The minimum atomic E-state index is -0.633. The molecule has 1 aromatic carbocycles. The maximum absolute atomic E-state index is 12.3. The van der Waals surface area contributed by atoms with Crippen LogP contribution >= 0.6 is 0 Å². The summed E-state index contributed by atoms with van der Waals surface area (Å²) in [6.07, 6.45) is 6.09. The Morgan fingerprint density at radius 1 is 1.00 bits per heavy atom. The summed E-state index contributed by atoms with van der Waals surface area (Å²) in [6.45, 7) is 13.6. The molecule has 3 aliphatic heterocycles. The second kappa shape index (κ2) is 13.5. The van der Waals surface area contributed by atoms with E-state index in [1.165, 1.54) is 37.7 Å². The number of nitrogens with one attached hydrogen (secondary N) is 2. The van der Waals surface area contributed by atoms with Gasteiger partial charge in [-0.3, -0.25) is 14.5 Å². The normalized spacial score (nSPS) is 20.8. The first-order valence-corrected chi connectivity index (χ1v) is 15.3. The number of primary amides is 1. The van der Waals surface area contributed by atoms with Crippen molar-refractivity contribution in [2.75, 3.05) is 74.9 Å². The van der Waals surface area contributed by atoms with Crippen molar-refractivity contribution in [3.8, 4) is 0 Å². The van der Waals surface area contributed by atoms with Gasteiger partial charge in [0.15, 0.2) is 17.3 Å². The molecule has 4 heterocycles. The SMILES string of the molecule is C=CC(=O)N1CCC[C@H](Nc2nc(Nc3ccc(N4CCC(N5CCN(C)CC5)CC4)cc3)c(C(N)=O)nc2CC)C1. The standard InChI is InChI=1S/C31H45N9O2/c1-4-26-30(34-23-7-6-14-40(21-23)27(41)5-2)36-31(28(35-26)29(32)42)33-22-8-10-24(11-9-22)38-15-12-25(13-16-38)39-19-17-37(3)18-20-39/h5,8-11,23,25H,2,4,6-7,12-21H2,1,3H3,(H2,32,42)(H2,33,34,36)/t23-/m0/s1. The van der Waals surface area contributed by atoms with Gasteiger partial charge in [-0.1, -0.05) is 13.5 Å². The van der Waals surface area contributed by atoms with Gasteiger partial charge >= 0.3 is 0 Å². The van der Waals surface area contributed by atoms with Gasteiger partial charge in [-0.25, -0.2) is 9.97 Å². The number of rotatable bonds is 9. The minimum absolute atomic E-state index is 0.0224. The van der Waals surface area contributed by atoms with E-state index in [9.17, 15) is 9.59 Å². The third-order valence-corrected chi connectivity index (χ3v) is 8.80. The lowest BCUT2D eigenvalue weighted by molar-refractivity contribution is -0.127. The van der Waals surface area contributed by atoms with Crippen molar-refractivity contribution in [1.82, 2.24) is 24.7 Å². The van der Waals surface area contributed by atoms with Gasteiger partial charge in [0, 0.05) is 75.8 Å². The van der Waals surface area contributed by atoms with Crippen molar-refractivity contribution in [2.24, 2.45) is 5.73 Å². The summed E-state index contributed by atoms with van der Waals surface area (Å²) in [5.41, 5.74) is 8.49. The lowest BCUT2D eigenvalue weighted by Gasteiger charge is -2.42. The molecule has 11 heteroatoms. The van der Waals surface area contributed by atoms with Crippen LogP contribution in [0.1, 0.15) is 48.8 Å². The number of amides is 2. The Labute approximate surface area is 249 Å². The van der Waals surface area contributed by atoms with E-state index in [2.05, 4.69) is 56.1 Å². The Hall–Kier alpha value is -3.70. The topological polar surface area (TPSA) is 123 Å². The maximum Gasteiger partial charge on any atom is 0.271 e. The van der Waals surface area contributed by atoms with Crippen LogP contribution < -0.4 is 21.3 Å². The Morgan fingerprint density at radius 2 is 1.71 bits per heavy atom. The molecule has 0 spiro atoms. The molecule has 0 bridgehead atoms. The van der Waals surface area contributed by atoms with Gasteiger partial charge in [0.2, 0.25) is 5.91 Å². The summed E-state index contributed by atoms with van der Waals surface area (Å²) in [7, 11) is 2.20. The van der Waals surface area contributed by atoms with Gasteiger partial charge in [0.1, 0.15) is 0 Å². The van der Waals surface area contributed by atoms with E-state index in [0.29, 0.717) is 42.9 Å². The van der Waals surface area contributed by atoms with Gasteiger partial charge in [-0.2, -0.15) is 0 Å². The van der Waals surface area contributed by atoms with Crippen LogP contribution in [0.15, 0.2) is 36.9 Å². The van der Waals surface area contributed by atoms with Gasteiger partial charge in [0.25, 0.3) is 5.91 Å². The monoisotopic (exact) mass is 575 g/mol. The molecule has 0 unspecified atom stereocenters. The fraction of sp³-hybridized carbons (Fsp3) is 0.548. The molecule has 4 N–H and O–H groups in total. The van der Waals surface area contributed by atoms with Crippen molar-refractivity contribution in [2.45, 2.75) is 51.1 Å². The first-order valence-electron chi connectivity index (χ1n) is 15.3. The highest BCUT2D eigenvalue weighted by Gasteiger charge is 2.27. The summed E-state index contributed by atoms with van der Waals surface area (Å²) in [4.78, 5) is 43.2. The first-order chi connectivity index (χ1) is 20.3.